The number of fused-ring (bicyclic) bond motifs is 1. The molecule has 0 bridgehead atoms. The van der Waals surface area contributed by atoms with Gasteiger partial charge in [0.1, 0.15) is 0 Å². The molecule has 1 heterocycles. The fraction of sp³-hybridized carbons (Fsp3) is 0.200. The maximum atomic E-state index is 13.3. The van der Waals surface area contributed by atoms with Crippen molar-refractivity contribution < 1.29 is 22.8 Å². The van der Waals surface area contributed by atoms with Crippen LogP contribution in [0, 0.1) is 0 Å². The number of nitrogens with zero attached hydrogens (tertiary/aromatic N) is 3. The van der Waals surface area contributed by atoms with Gasteiger partial charge in [0.15, 0.2) is 0 Å². The average molecular weight is 389 g/mol. The third-order valence-corrected chi connectivity index (χ3v) is 4.36. The van der Waals surface area contributed by atoms with Crippen LogP contribution >= 0.6 is 0 Å². The zero-order valence-electron chi connectivity index (χ0n) is 15.1. The highest BCUT2D eigenvalue weighted by Gasteiger charge is 2.39. The van der Waals surface area contributed by atoms with E-state index in [0.717, 1.165) is 21.9 Å². The molecule has 0 saturated heterocycles. The average Bonchev–Trinajstić information content (AvgIpc) is 2.75. The van der Waals surface area contributed by atoms with Crippen molar-refractivity contribution in [2.45, 2.75) is 13.1 Å². The number of anilines is 3. The smallest absolute Gasteiger partial charge is 0.292 e. The molecule has 2 aromatic rings. The van der Waals surface area contributed by atoms with Crippen molar-refractivity contribution in [2.75, 3.05) is 22.9 Å². The Balaban J connectivity index is 2.30. The minimum Gasteiger partial charge on any atom is -0.292 e. The van der Waals surface area contributed by atoms with E-state index >= 15 is 0 Å². The normalized spacial score (nSPS) is 14.8. The second kappa shape index (κ2) is 7.38. The lowest BCUT2D eigenvalue weighted by Crippen LogP contribution is -2.47. The first-order valence-electron chi connectivity index (χ1n) is 8.60. The number of para-hydroxylation sites is 1. The number of urea groups is 2. The highest BCUT2D eigenvalue weighted by molar-refractivity contribution is 6.16. The highest BCUT2D eigenvalue weighted by Crippen LogP contribution is 2.42. The number of halogens is 3. The van der Waals surface area contributed by atoms with Gasteiger partial charge in [-0.05, 0) is 37.3 Å². The number of carbonyl (C=O) groups is 2. The van der Waals surface area contributed by atoms with Gasteiger partial charge in [0, 0.05) is 6.54 Å². The van der Waals surface area contributed by atoms with Gasteiger partial charge in [-0.25, -0.2) is 14.5 Å². The van der Waals surface area contributed by atoms with Crippen LogP contribution in [0.1, 0.15) is 12.5 Å². The molecule has 1 aliphatic rings. The Morgan fingerprint density at radius 3 is 2.21 bits per heavy atom. The monoisotopic (exact) mass is 389 g/mol. The molecule has 3 rings (SSSR count). The number of alkyl halides is 3. The molecule has 8 heteroatoms. The van der Waals surface area contributed by atoms with Gasteiger partial charge in [0.25, 0.3) is 0 Å². The molecule has 0 N–H and O–H groups in total. The molecule has 28 heavy (non-hydrogen) atoms. The van der Waals surface area contributed by atoms with E-state index in [9.17, 15) is 22.8 Å². The predicted octanol–water partition coefficient (Wildman–Crippen LogP) is 5.41. The van der Waals surface area contributed by atoms with Crippen molar-refractivity contribution in [2.24, 2.45) is 0 Å². The van der Waals surface area contributed by atoms with Gasteiger partial charge in [0.05, 0.1) is 29.2 Å². The lowest BCUT2D eigenvalue weighted by Gasteiger charge is -2.26. The number of benzene rings is 2. The second-order valence-electron chi connectivity index (χ2n) is 6.08. The SMILES string of the molecule is C=CCN1C(=O)N(CC)c2ccc(C(F)(F)F)cc2N(c2ccccc2)C1=O. The van der Waals surface area contributed by atoms with Gasteiger partial charge < -0.3 is 0 Å². The van der Waals surface area contributed by atoms with Crippen molar-refractivity contribution in [3.05, 3.63) is 66.7 Å². The molecule has 2 aromatic carbocycles. The molecular weight excluding hydrogens is 371 g/mol. The summed E-state index contributed by atoms with van der Waals surface area (Å²) in [5.41, 5.74) is -0.328. The Hall–Kier alpha value is -3.29. The van der Waals surface area contributed by atoms with E-state index in [0.29, 0.717) is 5.69 Å². The summed E-state index contributed by atoms with van der Waals surface area (Å²) < 4.78 is 40.0. The van der Waals surface area contributed by atoms with Crippen LogP contribution < -0.4 is 9.80 Å². The maximum absolute atomic E-state index is 13.3. The number of carbonyl (C=O) groups excluding carboxylic acids is 2. The van der Waals surface area contributed by atoms with Crippen LogP contribution in [0.4, 0.5) is 39.8 Å². The molecule has 0 saturated carbocycles. The molecule has 146 valence electrons. The van der Waals surface area contributed by atoms with Crippen molar-refractivity contribution in [3.63, 3.8) is 0 Å². The highest BCUT2D eigenvalue weighted by atomic mass is 19.4. The largest absolute Gasteiger partial charge is 0.416 e. The summed E-state index contributed by atoms with van der Waals surface area (Å²) >= 11 is 0. The molecular formula is C20H18F3N3O2. The molecule has 0 atom stereocenters. The van der Waals surface area contributed by atoms with Gasteiger partial charge in [-0.3, -0.25) is 9.80 Å². The fourth-order valence-electron chi connectivity index (χ4n) is 3.08. The van der Waals surface area contributed by atoms with Gasteiger partial charge >= 0.3 is 18.2 Å². The van der Waals surface area contributed by atoms with Crippen molar-refractivity contribution in [3.8, 4) is 0 Å². The Morgan fingerprint density at radius 2 is 1.64 bits per heavy atom. The van der Waals surface area contributed by atoms with E-state index in [2.05, 4.69) is 6.58 Å². The molecule has 4 amide bonds. The molecule has 0 spiro atoms. The lowest BCUT2D eigenvalue weighted by atomic mass is 10.1. The van der Waals surface area contributed by atoms with E-state index in [-0.39, 0.29) is 24.5 Å². The zero-order chi connectivity index (χ0) is 20.5. The summed E-state index contributed by atoms with van der Waals surface area (Å²) in [6.45, 7) is 5.36. The first-order chi connectivity index (χ1) is 13.3. The summed E-state index contributed by atoms with van der Waals surface area (Å²) in [4.78, 5) is 29.5. The van der Waals surface area contributed by atoms with Crippen molar-refractivity contribution >= 4 is 29.1 Å². The first-order valence-corrected chi connectivity index (χ1v) is 8.60. The Labute approximate surface area is 160 Å². The number of hydrogen-bond donors (Lipinski definition) is 0. The predicted molar refractivity (Wildman–Crippen MR) is 101 cm³/mol. The van der Waals surface area contributed by atoms with Crippen LogP contribution in [0.2, 0.25) is 0 Å². The molecule has 0 unspecified atom stereocenters. The second-order valence-corrected chi connectivity index (χ2v) is 6.08. The Bertz CT molecular complexity index is 913. The van der Waals surface area contributed by atoms with E-state index in [1.807, 2.05) is 0 Å². The lowest BCUT2D eigenvalue weighted by molar-refractivity contribution is -0.137. The van der Waals surface area contributed by atoms with Crippen LogP contribution in [0.5, 0.6) is 0 Å². The Kier molecular flexibility index (Phi) is 5.13. The number of rotatable bonds is 4. The number of hydrogen-bond acceptors (Lipinski definition) is 2. The standard InChI is InChI=1S/C20H18F3N3O2/c1-3-12-25-18(27)24(4-2)16-11-10-14(20(21,22)23)13-17(16)26(19(25)28)15-8-6-5-7-9-15/h3,5-11,13H,1,4,12H2,2H3. The van der Waals surface area contributed by atoms with Gasteiger partial charge in [-0.1, -0.05) is 24.3 Å². The van der Waals surface area contributed by atoms with Gasteiger partial charge in [0.2, 0.25) is 0 Å². The third kappa shape index (κ3) is 3.33. The summed E-state index contributed by atoms with van der Waals surface area (Å²) in [7, 11) is 0. The zero-order valence-corrected chi connectivity index (χ0v) is 15.1. The van der Waals surface area contributed by atoms with Crippen LogP contribution in [0.25, 0.3) is 0 Å². The summed E-state index contributed by atoms with van der Waals surface area (Å²) in [5, 5.41) is 0. The van der Waals surface area contributed by atoms with Gasteiger partial charge in [-0.2, -0.15) is 13.2 Å². The van der Waals surface area contributed by atoms with Crippen LogP contribution in [0.3, 0.4) is 0 Å². The fourth-order valence-corrected chi connectivity index (χ4v) is 3.08. The van der Waals surface area contributed by atoms with Crippen LogP contribution in [-0.4, -0.2) is 30.1 Å². The Morgan fingerprint density at radius 1 is 0.964 bits per heavy atom. The maximum Gasteiger partial charge on any atom is 0.416 e. The summed E-state index contributed by atoms with van der Waals surface area (Å²) in [6, 6.07) is 9.92. The van der Waals surface area contributed by atoms with E-state index in [1.54, 1.807) is 37.3 Å². The van der Waals surface area contributed by atoms with Crippen LogP contribution in [-0.2, 0) is 6.18 Å². The van der Waals surface area contributed by atoms with Crippen LogP contribution in [0.15, 0.2) is 61.2 Å². The summed E-state index contributed by atoms with van der Waals surface area (Å²) in [5.74, 6) is 0. The van der Waals surface area contributed by atoms with Crippen molar-refractivity contribution in [1.82, 2.24) is 4.90 Å². The number of imide groups is 1. The molecule has 0 radical (unpaired) electrons. The molecule has 0 aliphatic carbocycles. The summed E-state index contributed by atoms with van der Waals surface area (Å²) in [6.07, 6.45) is -3.20. The third-order valence-electron chi connectivity index (χ3n) is 4.36. The molecule has 0 aromatic heterocycles. The quantitative estimate of drug-likeness (QED) is 0.656. The molecule has 1 aliphatic heterocycles. The minimum absolute atomic E-state index is 0.00668. The minimum atomic E-state index is -4.59. The van der Waals surface area contributed by atoms with Crippen molar-refractivity contribution in [1.29, 1.82) is 0 Å². The van der Waals surface area contributed by atoms with E-state index < -0.39 is 23.8 Å². The number of amides is 4. The molecule has 0 fully saturated rings. The topological polar surface area (TPSA) is 43.9 Å². The van der Waals surface area contributed by atoms with E-state index in [4.69, 9.17) is 0 Å². The van der Waals surface area contributed by atoms with E-state index in [1.165, 1.54) is 17.0 Å². The first kappa shape index (κ1) is 19.5. The molecule has 5 nitrogen and oxygen atoms in total. The van der Waals surface area contributed by atoms with Gasteiger partial charge in [-0.15, -0.1) is 6.58 Å².